The maximum absolute atomic E-state index is 11.3. The Kier molecular flexibility index (Phi) is 4.27. The summed E-state index contributed by atoms with van der Waals surface area (Å²) >= 11 is 0. The molecule has 1 unspecified atom stereocenters. The molecule has 0 aromatic rings. The van der Waals surface area contributed by atoms with Gasteiger partial charge in [-0.3, -0.25) is 4.90 Å². The van der Waals surface area contributed by atoms with Crippen LogP contribution in [0.25, 0.3) is 0 Å². The summed E-state index contributed by atoms with van der Waals surface area (Å²) in [5.41, 5.74) is -1.49. The molecule has 0 aromatic heterocycles. The lowest BCUT2D eigenvalue weighted by Gasteiger charge is -2.29. The Morgan fingerprint density at radius 1 is 1.69 bits per heavy atom. The van der Waals surface area contributed by atoms with Crippen LogP contribution in [0.15, 0.2) is 0 Å². The molecule has 1 atom stereocenters. The van der Waals surface area contributed by atoms with Crippen LogP contribution in [-0.4, -0.2) is 47.8 Å². The predicted octanol–water partition coefficient (Wildman–Crippen LogP) is 0.288. The van der Waals surface area contributed by atoms with Crippen LogP contribution in [0.4, 0.5) is 0 Å². The predicted molar refractivity (Wildman–Crippen MR) is 57.5 cm³/mol. The van der Waals surface area contributed by atoms with E-state index in [0.29, 0.717) is 19.0 Å². The monoisotopic (exact) mass is 226 g/mol. The molecule has 0 aliphatic heterocycles. The highest BCUT2D eigenvalue weighted by Gasteiger charge is 2.38. The highest BCUT2D eigenvalue weighted by molar-refractivity contribution is 5.78. The molecule has 1 aliphatic carbocycles. The largest absolute Gasteiger partial charge is 0.467 e. The number of aliphatic hydroxyl groups is 1. The second-order valence-corrected chi connectivity index (χ2v) is 4.38. The number of nitriles is 1. The molecular formula is C11H18N2O3. The van der Waals surface area contributed by atoms with E-state index < -0.39 is 11.6 Å². The molecular weight excluding hydrogens is 208 g/mol. The van der Waals surface area contributed by atoms with Crippen molar-refractivity contribution in [3.63, 3.8) is 0 Å². The molecule has 1 fully saturated rings. The van der Waals surface area contributed by atoms with Crippen molar-refractivity contribution in [2.75, 3.05) is 20.2 Å². The topological polar surface area (TPSA) is 73.6 Å². The standard InChI is InChI=1S/C11H18N2O3/c1-11(15,10(14)16-2)8-13(7-3-6-12)9-4-5-9/h9,15H,3-5,7-8H2,1-2H3. The number of carbonyl (C=O) groups is 1. The SMILES string of the molecule is COC(=O)C(C)(O)CN(CCC#N)C1CC1. The van der Waals surface area contributed by atoms with Crippen molar-refractivity contribution in [1.82, 2.24) is 4.90 Å². The molecule has 0 heterocycles. The van der Waals surface area contributed by atoms with E-state index in [-0.39, 0.29) is 6.54 Å². The van der Waals surface area contributed by atoms with Crippen LogP contribution in [0.1, 0.15) is 26.2 Å². The molecule has 0 saturated heterocycles. The molecule has 1 saturated carbocycles. The average molecular weight is 226 g/mol. The first-order chi connectivity index (χ1) is 7.51. The molecule has 1 rings (SSSR count). The lowest BCUT2D eigenvalue weighted by molar-refractivity contribution is -0.162. The number of hydrogen-bond donors (Lipinski definition) is 1. The van der Waals surface area contributed by atoms with E-state index in [4.69, 9.17) is 5.26 Å². The van der Waals surface area contributed by atoms with Crippen LogP contribution in [0.5, 0.6) is 0 Å². The van der Waals surface area contributed by atoms with Gasteiger partial charge in [-0.2, -0.15) is 5.26 Å². The molecule has 0 aromatic carbocycles. The highest BCUT2D eigenvalue weighted by Crippen LogP contribution is 2.28. The summed E-state index contributed by atoms with van der Waals surface area (Å²) in [5.74, 6) is -0.630. The van der Waals surface area contributed by atoms with Crippen LogP contribution in [-0.2, 0) is 9.53 Å². The van der Waals surface area contributed by atoms with Crippen molar-refractivity contribution in [3.8, 4) is 6.07 Å². The molecule has 5 nitrogen and oxygen atoms in total. The van der Waals surface area contributed by atoms with E-state index in [1.54, 1.807) is 0 Å². The van der Waals surface area contributed by atoms with Gasteiger partial charge in [0.05, 0.1) is 13.2 Å². The summed E-state index contributed by atoms with van der Waals surface area (Å²) in [5, 5.41) is 18.5. The van der Waals surface area contributed by atoms with Crippen molar-refractivity contribution in [2.24, 2.45) is 0 Å². The van der Waals surface area contributed by atoms with Crippen molar-refractivity contribution in [3.05, 3.63) is 0 Å². The Labute approximate surface area is 95.6 Å². The van der Waals surface area contributed by atoms with Crippen LogP contribution in [0.3, 0.4) is 0 Å². The molecule has 16 heavy (non-hydrogen) atoms. The first-order valence-electron chi connectivity index (χ1n) is 5.43. The zero-order chi connectivity index (χ0) is 12.2. The Balaban J connectivity index is 2.53. The minimum atomic E-state index is -1.49. The van der Waals surface area contributed by atoms with Crippen LogP contribution < -0.4 is 0 Å². The fourth-order valence-corrected chi connectivity index (χ4v) is 1.70. The van der Waals surface area contributed by atoms with Crippen LogP contribution in [0, 0.1) is 11.3 Å². The molecule has 90 valence electrons. The van der Waals surface area contributed by atoms with E-state index >= 15 is 0 Å². The van der Waals surface area contributed by atoms with Crippen molar-refractivity contribution in [1.29, 1.82) is 5.26 Å². The Bertz CT molecular complexity index is 292. The van der Waals surface area contributed by atoms with Crippen LogP contribution >= 0.6 is 0 Å². The smallest absolute Gasteiger partial charge is 0.338 e. The van der Waals surface area contributed by atoms with Gasteiger partial charge < -0.3 is 9.84 Å². The lowest BCUT2D eigenvalue weighted by atomic mass is 10.1. The van der Waals surface area contributed by atoms with Gasteiger partial charge >= 0.3 is 5.97 Å². The van der Waals surface area contributed by atoms with Gasteiger partial charge in [0.2, 0.25) is 0 Å². The molecule has 1 N–H and O–H groups in total. The highest BCUT2D eigenvalue weighted by atomic mass is 16.5. The first kappa shape index (κ1) is 12.9. The zero-order valence-electron chi connectivity index (χ0n) is 9.77. The number of ether oxygens (including phenoxy) is 1. The third-order valence-electron chi connectivity index (χ3n) is 2.71. The maximum Gasteiger partial charge on any atom is 0.338 e. The average Bonchev–Trinajstić information content (AvgIpc) is 3.06. The molecule has 0 amide bonds. The fraction of sp³-hybridized carbons (Fsp3) is 0.818. The normalized spacial score (nSPS) is 18.9. The Morgan fingerprint density at radius 2 is 2.31 bits per heavy atom. The molecule has 1 aliphatic rings. The summed E-state index contributed by atoms with van der Waals surface area (Å²) in [4.78, 5) is 13.3. The summed E-state index contributed by atoms with van der Waals surface area (Å²) in [7, 11) is 1.26. The second-order valence-electron chi connectivity index (χ2n) is 4.38. The van der Waals surface area contributed by atoms with Crippen molar-refractivity contribution < 1.29 is 14.6 Å². The molecule has 0 spiro atoms. The summed E-state index contributed by atoms with van der Waals surface area (Å²) in [6.07, 6.45) is 2.55. The Morgan fingerprint density at radius 3 is 2.75 bits per heavy atom. The number of methoxy groups -OCH3 is 1. The number of rotatable bonds is 6. The van der Waals surface area contributed by atoms with Crippen molar-refractivity contribution >= 4 is 5.97 Å². The number of carbonyl (C=O) groups excluding carboxylic acids is 1. The fourth-order valence-electron chi connectivity index (χ4n) is 1.70. The minimum Gasteiger partial charge on any atom is -0.467 e. The van der Waals surface area contributed by atoms with E-state index in [2.05, 4.69) is 10.8 Å². The molecule has 0 radical (unpaired) electrons. The number of esters is 1. The maximum atomic E-state index is 11.3. The first-order valence-corrected chi connectivity index (χ1v) is 5.43. The zero-order valence-corrected chi connectivity index (χ0v) is 9.77. The third-order valence-corrected chi connectivity index (χ3v) is 2.71. The van der Waals surface area contributed by atoms with Gasteiger partial charge in [0.15, 0.2) is 5.60 Å². The van der Waals surface area contributed by atoms with E-state index in [0.717, 1.165) is 12.8 Å². The number of hydrogen-bond acceptors (Lipinski definition) is 5. The Hall–Kier alpha value is -1.12. The quantitative estimate of drug-likeness (QED) is 0.659. The van der Waals surface area contributed by atoms with Gasteiger partial charge in [-0.05, 0) is 19.8 Å². The summed E-state index contributed by atoms with van der Waals surface area (Å²) in [6, 6.07) is 2.48. The van der Waals surface area contributed by atoms with Crippen LogP contribution in [0.2, 0.25) is 0 Å². The van der Waals surface area contributed by atoms with Crippen molar-refractivity contribution in [2.45, 2.75) is 37.8 Å². The second kappa shape index (κ2) is 5.28. The van der Waals surface area contributed by atoms with E-state index in [9.17, 15) is 9.90 Å². The number of nitrogens with zero attached hydrogens (tertiary/aromatic N) is 2. The van der Waals surface area contributed by atoms with Gasteiger partial charge in [0.1, 0.15) is 0 Å². The van der Waals surface area contributed by atoms with Gasteiger partial charge in [-0.1, -0.05) is 0 Å². The minimum absolute atomic E-state index is 0.228. The third kappa shape index (κ3) is 3.47. The van der Waals surface area contributed by atoms with Gasteiger partial charge in [-0.25, -0.2) is 4.79 Å². The van der Waals surface area contributed by atoms with Gasteiger partial charge in [0.25, 0.3) is 0 Å². The van der Waals surface area contributed by atoms with E-state index in [1.165, 1.54) is 14.0 Å². The van der Waals surface area contributed by atoms with Gasteiger partial charge in [0, 0.05) is 25.6 Å². The molecule has 0 bridgehead atoms. The summed E-state index contributed by atoms with van der Waals surface area (Å²) in [6.45, 7) is 2.26. The summed E-state index contributed by atoms with van der Waals surface area (Å²) < 4.78 is 4.54. The lowest BCUT2D eigenvalue weighted by Crippen LogP contribution is -2.48. The van der Waals surface area contributed by atoms with Gasteiger partial charge in [-0.15, -0.1) is 0 Å². The molecule has 5 heteroatoms. The van der Waals surface area contributed by atoms with E-state index in [1.807, 2.05) is 4.90 Å².